The lowest BCUT2D eigenvalue weighted by atomic mass is 10.2. The first kappa shape index (κ1) is 15.1. The molecule has 2 heterocycles. The van der Waals surface area contributed by atoms with Gasteiger partial charge in [0.1, 0.15) is 22.0 Å². The van der Waals surface area contributed by atoms with E-state index in [1.807, 2.05) is 13.0 Å². The lowest BCUT2D eigenvalue weighted by molar-refractivity contribution is -0.111. The van der Waals surface area contributed by atoms with Crippen molar-refractivity contribution in [2.75, 3.05) is 10.6 Å². The van der Waals surface area contributed by atoms with Crippen LogP contribution in [0.15, 0.2) is 43.0 Å². The average Bonchev–Trinajstić information content (AvgIpc) is 2.91. The second kappa shape index (κ2) is 6.13. The second-order valence-electron chi connectivity index (χ2n) is 4.84. The molecule has 3 aromatic rings. The van der Waals surface area contributed by atoms with Crippen molar-refractivity contribution < 1.29 is 9.18 Å². The molecule has 0 atom stereocenters. The molecule has 0 saturated carbocycles. The number of thiazole rings is 1. The van der Waals surface area contributed by atoms with Gasteiger partial charge in [-0.2, -0.15) is 0 Å². The first-order valence-corrected chi connectivity index (χ1v) is 7.61. The number of aromatic nitrogens is 2. The smallest absolute Gasteiger partial charge is 0.249 e. The first-order valence-electron chi connectivity index (χ1n) is 6.79. The van der Waals surface area contributed by atoms with Gasteiger partial charge in [-0.1, -0.05) is 24.0 Å². The Morgan fingerprint density at radius 3 is 2.87 bits per heavy atom. The van der Waals surface area contributed by atoms with E-state index in [0.717, 1.165) is 5.56 Å². The third-order valence-corrected chi connectivity index (χ3v) is 3.94. The molecule has 0 radical (unpaired) electrons. The van der Waals surface area contributed by atoms with Gasteiger partial charge in [0.05, 0.1) is 5.69 Å². The van der Waals surface area contributed by atoms with E-state index in [-0.39, 0.29) is 11.7 Å². The molecule has 1 amide bonds. The number of nitrogens with zero attached hydrogens (tertiary/aromatic N) is 2. The van der Waals surface area contributed by atoms with E-state index in [4.69, 9.17) is 0 Å². The zero-order valence-electron chi connectivity index (χ0n) is 12.3. The Hall–Kier alpha value is -2.80. The van der Waals surface area contributed by atoms with Gasteiger partial charge in [0, 0.05) is 0 Å². The zero-order valence-corrected chi connectivity index (χ0v) is 13.1. The number of anilines is 3. The minimum absolute atomic E-state index is 0.330. The van der Waals surface area contributed by atoms with Gasteiger partial charge in [-0.15, -0.1) is 0 Å². The van der Waals surface area contributed by atoms with Gasteiger partial charge in [0.25, 0.3) is 0 Å². The summed E-state index contributed by atoms with van der Waals surface area (Å²) in [6.45, 7) is 5.22. The molecular weight excluding hydrogens is 315 g/mol. The maximum atomic E-state index is 13.9. The summed E-state index contributed by atoms with van der Waals surface area (Å²) in [5, 5.41) is 5.98. The summed E-state index contributed by atoms with van der Waals surface area (Å²) in [5.41, 5.74) is 1.86. The summed E-state index contributed by atoms with van der Waals surface area (Å²) in [5.74, 6) is -0.162. The molecule has 0 bridgehead atoms. The Kier molecular flexibility index (Phi) is 4.03. The molecule has 0 aliphatic heterocycles. The molecule has 1 aromatic carbocycles. The highest BCUT2D eigenvalue weighted by molar-refractivity contribution is 7.22. The number of halogens is 1. The quantitative estimate of drug-likeness (QED) is 0.710. The average molecular weight is 328 g/mol. The number of hydrogen-bond acceptors (Lipinski definition) is 5. The summed E-state index contributed by atoms with van der Waals surface area (Å²) < 4.78 is 13.9. The van der Waals surface area contributed by atoms with Crippen LogP contribution >= 0.6 is 11.3 Å². The SMILES string of the molecule is C=CC(=O)Nc1nc2ccc(Nc3ccc(C)cc3F)nc2s1. The highest BCUT2D eigenvalue weighted by Crippen LogP contribution is 2.27. The molecule has 0 aliphatic carbocycles. The fraction of sp³-hybridized carbons (Fsp3) is 0.0625. The Morgan fingerprint density at radius 1 is 1.30 bits per heavy atom. The van der Waals surface area contributed by atoms with Crippen molar-refractivity contribution in [3.8, 4) is 0 Å². The number of nitrogens with one attached hydrogen (secondary N) is 2. The molecule has 0 fully saturated rings. The Bertz CT molecular complexity index is 906. The Labute approximate surface area is 135 Å². The largest absolute Gasteiger partial charge is 0.338 e. The van der Waals surface area contributed by atoms with Crippen molar-refractivity contribution in [3.05, 3.63) is 54.4 Å². The van der Waals surface area contributed by atoms with Crippen LogP contribution < -0.4 is 10.6 Å². The van der Waals surface area contributed by atoms with Crippen molar-refractivity contribution in [1.82, 2.24) is 9.97 Å². The van der Waals surface area contributed by atoms with Crippen LogP contribution in [0, 0.1) is 12.7 Å². The van der Waals surface area contributed by atoms with E-state index in [1.54, 1.807) is 18.2 Å². The number of amides is 1. The van der Waals surface area contributed by atoms with Crippen molar-refractivity contribution in [3.63, 3.8) is 0 Å². The van der Waals surface area contributed by atoms with Crippen LogP contribution in [0.1, 0.15) is 5.56 Å². The van der Waals surface area contributed by atoms with Gasteiger partial charge < -0.3 is 5.32 Å². The predicted octanol–water partition coefficient (Wildman–Crippen LogP) is 4.01. The van der Waals surface area contributed by atoms with E-state index < -0.39 is 0 Å². The summed E-state index contributed by atoms with van der Waals surface area (Å²) in [6.07, 6.45) is 1.17. The van der Waals surface area contributed by atoms with Gasteiger partial charge in [-0.05, 0) is 42.8 Å². The van der Waals surface area contributed by atoms with E-state index in [0.29, 0.717) is 27.0 Å². The molecule has 2 N–H and O–H groups in total. The predicted molar refractivity (Wildman–Crippen MR) is 90.7 cm³/mol. The third kappa shape index (κ3) is 3.35. The molecule has 0 aliphatic rings. The lowest BCUT2D eigenvalue weighted by Crippen LogP contribution is -2.06. The number of rotatable bonds is 4. The normalized spacial score (nSPS) is 10.5. The first-order chi connectivity index (χ1) is 11.0. The molecule has 23 heavy (non-hydrogen) atoms. The number of hydrogen-bond donors (Lipinski definition) is 2. The molecule has 3 rings (SSSR count). The third-order valence-electron chi connectivity index (χ3n) is 3.06. The standard InChI is InChI=1S/C16H13FN4OS/c1-3-14(22)21-16-19-12-6-7-13(20-15(12)23-16)18-11-5-4-9(2)8-10(11)17/h3-8H,1H2,2H3,(H,18,20)(H,19,21,22). The van der Waals surface area contributed by atoms with E-state index in [1.165, 1.54) is 23.5 Å². The van der Waals surface area contributed by atoms with Crippen molar-refractivity contribution >= 4 is 44.2 Å². The highest BCUT2D eigenvalue weighted by atomic mass is 32.1. The minimum Gasteiger partial charge on any atom is -0.338 e. The lowest BCUT2D eigenvalue weighted by Gasteiger charge is -2.07. The van der Waals surface area contributed by atoms with Crippen LogP contribution in [0.2, 0.25) is 0 Å². The van der Waals surface area contributed by atoms with Crippen molar-refractivity contribution in [2.24, 2.45) is 0 Å². The Morgan fingerprint density at radius 2 is 2.13 bits per heavy atom. The topological polar surface area (TPSA) is 66.9 Å². The van der Waals surface area contributed by atoms with Crippen LogP contribution in [0.25, 0.3) is 10.3 Å². The number of pyridine rings is 1. The maximum absolute atomic E-state index is 13.9. The molecule has 0 saturated heterocycles. The zero-order chi connectivity index (χ0) is 16.4. The van der Waals surface area contributed by atoms with Crippen molar-refractivity contribution in [1.29, 1.82) is 0 Å². The summed E-state index contributed by atoms with van der Waals surface area (Å²) in [6, 6.07) is 8.41. The van der Waals surface area contributed by atoms with Gasteiger partial charge in [-0.25, -0.2) is 14.4 Å². The van der Waals surface area contributed by atoms with Crippen LogP contribution in [-0.4, -0.2) is 15.9 Å². The molecule has 0 unspecified atom stereocenters. The summed E-state index contributed by atoms with van der Waals surface area (Å²) in [7, 11) is 0. The van der Waals surface area contributed by atoms with Gasteiger partial charge >= 0.3 is 0 Å². The number of aryl methyl sites for hydroxylation is 1. The van der Waals surface area contributed by atoms with E-state index in [2.05, 4.69) is 27.2 Å². The van der Waals surface area contributed by atoms with Crippen LogP contribution in [0.4, 0.5) is 21.0 Å². The fourth-order valence-corrected chi connectivity index (χ4v) is 2.80. The van der Waals surface area contributed by atoms with Crippen LogP contribution in [0.3, 0.4) is 0 Å². The summed E-state index contributed by atoms with van der Waals surface area (Å²) in [4.78, 5) is 20.6. The highest BCUT2D eigenvalue weighted by Gasteiger charge is 2.09. The monoisotopic (exact) mass is 328 g/mol. The fourth-order valence-electron chi connectivity index (χ4n) is 1.96. The Balaban J connectivity index is 1.87. The molecule has 5 nitrogen and oxygen atoms in total. The van der Waals surface area contributed by atoms with Gasteiger partial charge in [-0.3, -0.25) is 10.1 Å². The second-order valence-corrected chi connectivity index (χ2v) is 5.82. The number of benzene rings is 1. The molecule has 2 aromatic heterocycles. The van der Waals surface area contributed by atoms with Crippen LogP contribution in [-0.2, 0) is 4.79 Å². The number of carbonyl (C=O) groups is 1. The molecule has 0 spiro atoms. The maximum Gasteiger partial charge on any atom is 0.249 e. The minimum atomic E-state index is -0.338. The van der Waals surface area contributed by atoms with E-state index >= 15 is 0 Å². The number of fused-ring (bicyclic) bond motifs is 1. The van der Waals surface area contributed by atoms with Crippen molar-refractivity contribution in [2.45, 2.75) is 6.92 Å². The van der Waals surface area contributed by atoms with Gasteiger partial charge in [0.2, 0.25) is 5.91 Å². The van der Waals surface area contributed by atoms with Gasteiger partial charge in [0.15, 0.2) is 5.13 Å². The number of carbonyl (C=O) groups excluding carboxylic acids is 1. The van der Waals surface area contributed by atoms with Crippen LogP contribution in [0.5, 0.6) is 0 Å². The molecule has 7 heteroatoms. The van der Waals surface area contributed by atoms with E-state index in [9.17, 15) is 9.18 Å². The molecular formula is C16H13FN4OS. The summed E-state index contributed by atoms with van der Waals surface area (Å²) >= 11 is 1.24. The molecule has 116 valence electrons.